The molecule has 4 nitrogen and oxygen atoms in total. The number of pyridine rings is 1. The minimum absolute atomic E-state index is 0.134. The van der Waals surface area contributed by atoms with Crippen molar-refractivity contribution >= 4 is 0 Å². The molecule has 0 aromatic carbocycles. The molecule has 76 valence electrons. The van der Waals surface area contributed by atoms with Gasteiger partial charge in [-0.1, -0.05) is 0 Å². The Bertz CT molecular complexity index is 531. The van der Waals surface area contributed by atoms with Gasteiger partial charge in [0.25, 0.3) is 5.56 Å². The molecule has 0 saturated carbocycles. The highest BCUT2D eigenvalue weighted by Crippen LogP contribution is 2.19. The maximum Gasteiger partial charge on any atom is 0.267 e. The summed E-state index contributed by atoms with van der Waals surface area (Å²) in [5.74, 6) is 0. The van der Waals surface area contributed by atoms with Crippen molar-refractivity contribution < 1.29 is 0 Å². The van der Waals surface area contributed by atoms with Crippen LogP contribution in [0.25, 0.3) is 11.3 Å². The van der Waals surface area contributed by atoms with Gasteiger partial charge in [-0.2, -0.15) is 5.10 Å². The third-order valence-corrected chi connectivity index (χ3v) is 2.48. The third kappa shape index (κ3) is 1.66. The summed E-state index contributed by atoms with van der Waals surface area (Å²) in [6, 6.07) is 3.74. The van der Waals surface area contributed by atoms with Crippen molar-refractivity contribution in [1.82, 2.24) is 15.2 Å². The molecule has 4 heteroatoms. The van der Waals surface area contributed by atoms with Crippen molar-refractivity contribution in [3.63, 3.8) is 0 Å². The number of nitrogens with zero attached hydrogens (tertiary/aromatic N) is 2. The first-order chi connectivity index (χ1) is 7.20. The third-order valence-electron chi connectivity index (χ3n) is 2.48. The van der Waals surface area contributed by atoms with Crippen molar-refractivity contribution in [2.24, 2.45) is 0 Å². The second kappa shape index (κ2) is 3.65. The summed E-state index contributed by atoms with van der Waals surface area (Å²) in [7, 11) is 0. The monoisotopic (exact) mass is 201 g/mol. The zero-order valence-corrected chi connectivity index (χ0v) is 8.61. The van der Waals surface area contributed by atoms with E-state index >= 15 is 0 Å². The molecule has 2 aromatic rings. The molecule has 0 bridgehead atoms. The fourth-order valence-corrected chi connectivity index (χ4v) is 1.41. The van der Waals surface area contributed by atoms with E-state index in [0.29, 0.717) is 5.56 Å². The molecule has 0 spiro atoms. The van der Waals surface area contributed by atoms with Gasteiger partial charge in [-0.3, -0.25) is 9.78 Å². The van der Waals surface area contributed by atoms with Crippen molar-refractivity contribution in [1.29, 1.82) is 0 Å². The Balaban J connectivity index is 2.65. The van der Waals surface area contributed by atoms with Gasteiger partial charge in [0.2, 0.25) is 0 Å². The van der Waals surface area contributed by atoms with Crippen LogP contribution in [0.3, 0.4) is 0 Å². The first-order valence-electron chi connectivity index (χ1n) is 4.66. The molecule has 0 saturated heterocycles. The van der Waals surface area contributed by atoms with Crippen molar-refractivity contribution in [3.8, 4) is 11.3 Å². The van der Waals surface area contributed by atoms with Crippen LogP contribution in [0.15, 0.2) is 29.3 Å². The number of aromatic amines is 1. The molecule has 2 aromatic heterocycles. The molecule has 0 unspecified atom stereocenters. The average Bonchev–Trinajstić information content (AvgIpc) is 2.27. The average molecular weight is 201 g/mol. The number of aromatic nitrogens is 3. The summed E-state index contributed by atoms with van der Waals surface area (Å²) in [6.45, 7) is 3.69. The standard InChI is InChI=1S/C11H11N3O/c1-7-8(2)11(15)14-13-10(7)9-3-5-12-6-4-9/h3-6H,1-2H3,(H,14,15). The van der Waals surface area contributed by atoms with Crippen molar-refractivity contribution in [2.45, 2.75) is 13.8 Å². The largest absolute Gasteiger partial charge is 0.268 e. The second-order valence-electron chi connectivity index (χ2n) is 3.39. The van der Waals surface area contributed by atoms with Gasteiger partial charge < -0.3 is 0 Å². The van der Waals surface area contributed by atoms with Crippen LogP contribution in [-0.4, -0.2) is 15.2 Å². The summed E-state index contributed by atoms with van der Waals surface area (Å²) in [5.41, 5.74) is 3.24. The normalized spacial score (nSPS) is 10.3. The van der Waals surface area contributed by atoms with Gasteiger partial charge >= 0.3 is 0 Å². The molecule has 0 aliphatic carbocycles. The lowest BCUT2D eigenvalue weighted by Crippen LogP contribution is -2.14. The van der Waals surface area contributed by atoms with Gasteiger partial charge in [-0.05, 0) is 31.5 Å². The topological polar surface area (TPSA) is 58.6 Å². The quantitative estimate of drug-likeness (QED) is 0.759. The van der Waals surface area contributed by atoms with Crippen LogP contribution in [0, 0.1) is 13.8 Å². The minimum atomic E-state index is -0.134. The Hall–Kier alpha value is -1.97. The van der Waals surface area contributed by atoms with E-state index in [9.17, 15) is 4.79 Å². The Kier molecular flexibility index (Phi) is 2.33. The van der Waals surface area contributed by atoms with E-state index in [1.807, 2.05) is 19.1 Å². The smallest absolute Gasteiger partial charge is 0.267 e. The number of nitrogens with one attached hydrogen (secondary N) is 1. The Morgan fingerprint density at radius 1 is 1.13 bits per heavy atom. The van der Waals surface area contributed by atoms with Gasteiger partial charge in [0.05, 0.1) is 5.69 Å². The SMILES string of the molecule is Cc1c(-c2ccncc2)n[nH]c(=O)c1C. The fourth-order valence-electron chi connectivity index (χ4n) is 1.41. The van der Waals surface area contributed by atoms with Crippen LogP contribution in [-0.2, 0) is 0 Å². The van der Waals surface area contributed by atoms with Crippen LogP contribution in [0.4, 0.5) is 0 Å². The lowest BCUT2D eigenvalue weighted by atomic mass is 10.1. The fraction of sp³-hybridized carbons (Fsp3) is 0.182. The van der Waals surface area contributed by atoms with E-state index in [4.69, 9.17) is 0 Å². The van der Waals surface area contributed by atoms with E-state index in [1.165, 1.54) is 0 Å². The number of rotatable bonds is 1. The lowest BCUT2D eigenvalue weighted by Gasteiger charge is -2.05. The molecule has 15 heavy (non-hydrogen) atoms. The zero-order chi connectivity index (χ0) is 10.8. The summed E-state index contributed by atoms with van der Waals surface area (Å²) in [6.07, 6.45) is 3.41. The molecule has 2 heterocycles. The van der Waals surface area contributed by atoms with Gasteiger partial charge in [-0.15, -0.1) is 0 Å². The van der Waals surface area contributed by atoms with Gasteiger partial charge in [0, 0.05) is 23.5 Å². The molecule has 0 atom stereocenters. The predicted molar refractivity (Wildman–Crippen MR) is 57.6 cm³/mol. The Morgan fingerprint density at radius 2 is 1.80 bits per heavy atom. The first kappa shape index (κ1) is 9.58. The van der Waals surface area contributed by atoms with Crippen LogP contribution in [0.5, 0.6) is 0 Å². The lowest BCUT2D eigenvalue weighted by molar-refractivity contribution is 0.958. The zero-order valence-electron chi connectivity index (χ0n) is 8.61. The molecule has 0 aliphatic rings. The predicted octanol–water partition coefficient (Wildman–Crippen LogP) is 1.45. The van der Waals surface area contributed by atoms with E-state index in [2.05, 4.69) is 15.2 Å². The summed E-state index contributed by atoms with van der Waals surface area (Å²) in [4.78, 5) is 15.2. The molecule has 0 radical (unpaired) electrons. The Morgan fingerprint density at radius 3 is 2.47 bits per heavy atom. The van der Waals surface area contributed by atoms with Crippen LogP contribution in [0.1, 0.15) is 11.1 Å². The van der Waals surface area contributed by atoms with E-state index < -0.39 is 0 Å². The van der Waals surface area contributed by atoms with Crippen molar-refractivity contribution in [2.75, 3.05) is 0 Å². The van der Waals surface area contributed by atoms with Gasteiger partial charge in [-0.25, -0.2) is 5.10 Å². The maximum absolute atomic E-state index is 11.3. The highest BCUT2D eigenvalue weighted by Gasteiger charge is 2.07. The summed E-state index contributed by atoms with van der Waals surface area (Å²) < 4.78 is 0. The molecular formula is C11H11N3O. The minimum Gasteiger partial charge on any atom is -0.268 e. The second-order valence-corrected chi connectivity index (χ2v) is 3.39. The number of hydrogen-bond donors (Lipinski definition) is 1. The molecule has 1 N–H and O–H groups in total. The molecule has 0 fully saturated rings. The van der Waals surface area contributed by atoms with Crippen molar-refractivity contribution in [3.05, 3.63) is 46.0 Å². The van der Waals surface area contributed by atoms with Gasteiger partial charge in [0.1, 0.15) is 0 Å². The number of hydrogen-bond acceptors (Lipinski definition) is 3. The van der Waals surface area contributed by atoms with Crippen LogP contribution < -0.4 is 5.56 Å². The molecule has 2 rings (SSSR count). The highest BCUT2D eigenvalue weighted by atomic mass is 16.1. The molecule has 0 aliphatic heterocycles. The maximum atomic E-state index is 11.3. The number of H-pyrrole nitrogens is 1. The molecular weight excluding hydrogens is 190 g/mol. The summed E-state index contributed by atoms with van der Waals surface area (Å²) in [5, 5.41) is 6.53. The van der Waals surface area contributed by atoms with Crippen LogP contribution in [0.2, 0.25) is 0 Å². The van der Waals surface area contributed by atoms with E-state index in [-0.39, 0.29) is 5.56 Å². The Labute approximate surface area is 87.0 Å². The van der Waals surface area contributed by atoms with E-state index in [0.717, 1.165) is 16.8 Å². The molecule has 0 amide bonds. The van der Waals surface area contributed by atoms with Gasteiger partial charge in [0.15, 0.2) is 0 Å². The summed E-state index contributed by atoms with van der Waals surface area (Å²) >= 11 is 0. The highest BCUT2D eigenvalue weighted by molar-refractivity contribution is 5.62. The van der Waals surface area contributed by atoms with Crippen LogP contribution >= 0.6 is 0 Å². The first-order valence-corrected chi connectivity index (χ1v) is 4.66. The van der Waals surface area contributed by atoms with E-state index in [1.54, 1.807) is 19.3 Å².